The Kier molecular flexibility index (Phi) is 4.65. The molecule has 0 saturated heterocycles. The van der Waals surface area contributed by atoms with Gasteiger partial charge in [-0.05, 0) is 42.7 Å². The summed E-state index contributed by atoms with van der Waals surface area (Å²) in [6, 6.07) is 15.5. The average Bonchev–Trinajstić information content (AvgIpc) is 2.91. The van der Waals surface area contributed by atoms with E-state index < -0.39 is 0 Å². The lowest BCUT2D eigenvalue weighted by molar-refractivity contribution is -0.140. The number of rotatable bonds is 4. The van der Waals surface area contributed by atoms with Gasteiger partial charge in [-0.15, -0.1) is 0 Å². The molecule has 4 nitrogen and oxygen atoms in total. The third-order valence-corrected chi connectivity index (χ3v) is 4.36. The lowest BCUT2D eigenvalue weighted by atomic mass is 10.0. The van der Waals surface area contributed by atoms with Gasteiger partial charge in [0, 0.05) is 30.6 Å². The van der Waals surface area contributed by atoms with Crippen molar-refractivity contribution in [2.75, 3.05) is 11.5 Å². The molecule has 24 heavy (non-hydrogen) atoms. The molecule has 0 spiro atoms. The molecule has 0 saturated carbocycles. The molecule has 1 unspecified atom stereocenters. The molecule has 0 N–H and O–H groups in total. The number of esters is 1. The fourth-order valence-corrected chi connectivity index (χ4v) is 3.27. The molecule has 0 aromatic heterocycles. The number of ether oxygens (including phenoxy) is 1. The standard InChI is InChI=1S/C20H21NO3/c1-14-13-18-16(11-12-24-15(2)22)9-6-10-19(18)21(14)20(23)17-7-4-3-5-8-17/h3-10,14H,11-13H2,1-2H3. The minimum atomic E-state index is -0.267. The van der Waals surface area contributed by atoms with Crippen LogP contribution in [0.1, 0.15) is 35.3 Å². The van der Waals surface area contributed by atoms with E-state index in [0.29, 0.717) is 18.6 Å². The maximum atomic E-state index is 12.9. The normalized spacial score (nSPS) is 15.9. The van der Waals surface area contributed by atoms with Crippen molar-refractivity contribution in [3.63, 3.8) is 0 Å². The zero-order valence-corrected chi connectivity index (χ0v) is 14.0. The molecule has 2 aromatic carbocycles. The van der Waals surface area contributed by atoms with Crippen molar-refractivity contribution in [1.29, 1.82) is 0 Å². The molecule has 1 aliphatic heterocycles. The van der Waals surface area contributed by atoms with Crippen LogP contribution in [0.4, 0.5) is 5.69 Å². The van der Waals surface area contributed by atoms with Crippen LogP contribution < -0.4 is 4.90 Å². The van der Waals surface area contributed by atoms with E-state index in [-0.39, 0.29) is 17.9 Å². The number of benzene rings is 2. The number of carbonyl (C=O) groups is 2. The Labute approximate surface area is 142 Å². The average molecular weight is 323 g/mol. The van der Waals surface area contributed by atoms with Gasteiger partial charge in [0.1, 0.15) is 0 Å². The summed E-state index contributed by atoms with van der Waals surface area (Å²) < 4.78 is 5.06. The van der Waals surface area contributed by atoms with Crippen LogP contribution in [0.15, 0.2) is 48.5 Å². The van der Waals surface area contributed by atoms with Crippen LogP contribution in [0, 0.1) is 0 Å². The Morgan fingerprint density at radius 3 is 2.58 bits per heavy atom. The van der Waals surface area contributed by atoms with E-state index in [1.807, 2.05) is 53.4 Å². The molecule has 1 heterocycles. The smallest absolute Gasteiger partial charge is 0.302 e. The summed E-state index contributed by atoms with van der Waals surface area (Å²) in [6.45, 7) is 3.85. The Hall–Kier alpha value is -2.62. The summed E-state index contributed by atoms with van der Waals surface area (Å²) in [5.74, 6) is -0.240. The molecule has 4 heteroatoms. The predicted molar refractivity (Wildman–Crippen MR) is 93.2 cm³/mol. The van der Waals surface area contributed by atoms with E-state index in [2.05, 4.69) is 6.92 Å². The van der Waals surface area contributed by atoms with Gasteiger partial charge in [-0.25, -0.2) is 0 Å². The first kappa shape index (κ1) is 16.2. The van der Waals surface area contributed by atoms with E-state index in [0.717, 1.165) is 17.7 Å². The SMILES string of the molecule is CC(=O)OCCc1cccc2c1CC(C)N2C(=O)c1ccccc1. The molecule has 0 bridgehead atoms. The summed E-state index contributed by atoms with van der Waals surface area (Å²) in [7, 11) is 0. The molecule has 2 aromatic rings. The van der Waals surface area contributed by atoms with Crippen LogP contribution in [0.25, 0.3) is 0 Å². The third-order valence-electron chi connectivity index (χ3n) is 4.36. The summed E-state index contributed by atoms with van der Waals surface area (Å²) in [6.07, 6.45) is 1.49. The molecule has 0 aliphatic carbocycles. The lowest BCUT2D eigenvalue weighted by Crippen LogP contribution is -2.35. The van der Waals surface area contributed by atoms with Gasteiger partial charge in [-0.2, -0.15) is 0 Å². The topological polar surface area (TPSA) is 46.6 Å². The van der Waals surface area contributed by atoms with E-state index in [1.165, 1.54) is 12.5 Å². The van der Waals surface area contributed by atoms with Crippen LogP contribution in [0.2, 0.25) is 0 Å². The quantitative estimate of drug-likeness (QED) is 0.810. The molecule has 3 rings (SSSR count). The largest absolute Gasteiger partial charge is 0.466 e. The minimum absolute atomic E-state index is 0.0268. The Morgan fingerprint density at radius 1 is 1.12 bits per heavy atom. The maximum Gasteiger partial charge on any atom is 0.302 e. The molecule has 0 radical (unpaired) electrons. The lowest BCUT2D eigenvalue weighted by Gasteiger charge is -2.23. The molecule has 1 atom stereocenters. The van der Waals surface area contributed by atoms with Crippen LogP contribution in [-0.2, 0) is 22.4 Å². The highest BCUT2D eigenvalue weighted by Crippen LogP contribution is 2.35. The van der Waals surface area contributed by atoms with Crippen LogP contribution in [0.3, 0.4) is 0 Å². The number of hydrogen-bond donors (Lipinski definition) is 0. The summed E-state index contributed by atoms with van der Waals surface area (Å²) >= 11 is 0. The molecule has 124 valence electrons. The van der Waals surface area contributed by atoms with Gasteiger partial charge in [-0.3, -0.25) is 9.59 Å². The second-order valence-electron chi connectivity index (χ2n) is 6.10. The maximum absolute atomic E-state index is 12.9. The fourth-order valence-electron chi connectivity index (χ4n) is 3.27. The van der Waals surface area contributed by atoms with E-state index >= 15 is 0 Å². The highest BCUT2D eigenvalue weighted by molar-refractivity contribution is 6.07. The minimum Gasteiger partial charge on any atom is -0.466 e. The Bertz CT molecular complexity index is 755. The van der Waals surface area contributed by atoms with Crippen molar-refractivity contribution in [3.05, 3.63) is 65.2 Å². The van der Waals surface area contributed by atoms with E-state index in [4.69, 9.17) is 4.74 Å². The van der Waals surface area contributed by atoms with Gasteiger partial charge >= 0.3 is 5.97 Å². The first-order chi connectivity index (χ1) is 11.6. The van der Waals surface area contributed by atoms with Crippen LogP contribution >= 0.6 is 0 Å². The van der Waals surface area contributed by atoms with Gasteiger partial charge in [0.05, 0.1) is 6.61 Å². The number of amides is 1. The van der Waals surface area contributed by atoms with Crippen molar-refractivity contribution in [1.82, 2.24) is 0 Å². The summed E-state index contributed by atoms with van der Waals surface area (Å²) in [5.41, 5.74) is 3.99. The number of nitrogens with zero attached hydrogens (tertiary/aromatic N) is 1. The van der Waals surface area contributed by atoms with Gasteiger partial charge < -0.3 is 9.64 Å². The van der Waals surface area contributed by atoms with Gasteiger partial charge in [0.25, 0.3) is 5.91 Å². The van der Waals surface area contributed by atoms with Crippen molar-refractivity contribution < 1.29 is 14.3 Å². The molecular weight excluding hydrogens is 302 g/mol. The first-order valence-corrected chi connectivity index (χ1v) is 8.20. The first-order valence-electron chi connectivity index (χ1n) is 8.20. The highest BCUT2D eigenvalue weighted by atomic mass is 16.5. The van der Waals surface area contributed by atoms with Gasteiger partial charge in [0.2, 0.25) is 0 Å². The number of fused-ring (bicyclic) bond motifs is 1. The van der Waals surface area contributed by atoms with E-state index in [1.54, 1.807) is 0 Å². The summed E-state index contributed by atoms with van der Waals surface area (Å²) in [5, 5.41) is 0. The van der Waals surface area contributed by atoms with Crippen LogP contribution in [-0.4, -0.2) is 24.5 Å². The number of carbonyl (C=O) groups excluding carboxylic acids is 2. The number of anilines is 1. The Morgan fingerprint density at radius 2 is 1.88 bits per heavy atom. The summed E-state index contributed by atoms with van der Waals surface area (Å²) in [4.78, 5) is 25.7. The highest BCUT2D eigenvalue weighted by Gasteiger charge is 2.32. The van der Waals surface area contributed by atoms with Crippen molar-refractivity contribution in [2.24, 2.45) is 0 Å². The molecular formula is C20H21NO3. The fraction of sp³-hybridized carbons (Fsp3) is 0.300. The van der Waals surface area contributed by atoms with Crippen molar-refractivity contribution in [3.8, 4) is 0 Å². The van der Waals surface area contributed by atoms with Gasteiger partial charge in [0.15, 0.2) is 0 Å². The second kappa shape index (κ2) is 6.87. The second-order valence-corrected chi connectivity index (χ2v) is 6.10. The third kappa shape index (κ3) is 3.18. The molecule has 1 amide bonds. The number of hydrogen-bond acceptors (Lipinski definition) is 3. The van der Waals surface area contributed by atoms with Crippen molar-refractivity contribution >= 4 is 17.6 Å². The zero-order chi connectivity index (χ0) is 17.1. The Balaban J connectivity index is 1.86. The predicted octanol–water partition coefficient (Wildman–Crippen LogP) is 3.38. The van der Waals surface area contributed by atoms with Crippen LogP contribution in [0.5, 0.6) is 0 Å². The van der Waals surface area contributed by atoms with Gasteiger partial charge in [-0.1, -0.05) is 30.3 Å². The van der Waals surface area contributed by atoms with E-state index in [9.17, 15) is 9.59 Å². The molecule has 0 fully saturated rings. The van der Waals surface area contributed by atoms with Crippen molar-refractivity contribution in [2.45, 2.75) is 32.7 Å². The monoisotopic (exact) mass is 323 g/mol. The zero-order valence-electron chi connectivity index (χ0n) is 14.0. The molecule has 1 aliphatic rings.